The first-order valence-electron chi connectivity index (χ1n) is 16.9. The number of likely N-dealkylation sites (tertiary alicyclic amines) is 2. The summed E-state index contributed by atoms with van der Waals surface area (Å²) in [7, 11) is 2.58. The van der Waals surface area contributed by atoms with Crippen molar-refractivity contribution in [1.29, 1.82) is 0 Å². The Morgan fingerprint density at radius 2 is 1.14 bits per heavy atom. The smallest absolute Gasteiger partial charge is 0.407 e. The largest absolute Gasteiger partial charge is 0.453 e. The van der Waals surface area contributed by atoms with Gasteiger partial charge in [0.2, 0.25) is 11.8 Å². The Kier molecular flexibility index (Phi) is 10.5. The van der Waals surface area contributed by atoms with Gasteiger partial charge in [0.05, 0.1) is 59.8 Å². The number of aromatic amines is 2. The number of ether oxygens (including phenoxy) is 2. The Morgan fingerprint density at radius 1 is 0.740 bits per heavy atom. The van der Waals surface area contributed by atoms with Crippen molar-refractivity contribution in [2.75, 3.05) is 27.3 Å². The van der Waals surface area contributed by atoms with Crippen LogP contribution in [-0.2, 0) is 19.1 Å². The Balaban J connectivity index is 1.15. The zero-order valence-corrected chi connectivity index (χ0v) is 30.7. The van der Waals surface area contributed by atoms with Crippen molar-refractivity contribution < 1.29 is 28.7 Å². The molecule has 2 aliphatic heterocycles. The summed E-state index contributed by atoms with van der Waals surface area (Å²) >= 11 is 3.32. The number of H-pyrrole nitrogens is 2. The second-order valence-corrected chi connectivity index (χ2v) is 15.6. The van der Waals surface area contributed by atoms with Crippen LogP contribution in [0, 0.1) is 11.8 Å². The predicted octanol–water partition coefficient (Wildman–Crippen LogP) is 5.83. The molecule has 0 radical (unpaired) electrons. The minimum absolute atomic E-state index is 0.103. The number of imidazole rings is 2. The molecule has 0 saturated carbocycles. The Morgan fingerprint density at radius 3 is 1.50 bits per heavy atom. The third kappa shape index (κ3) is 7.08. The van der Waals surface area contributed by atoms with E-state index in [0.29, 0.717) is 13.1 Å². The number of nitrogens with zero attached hydrogens (tertiary/aromatic N) is 4. The average molecular weight is 725 g/mol. The lowest BCUT2D eigenvalue weighted by molar-refractivity contribution is -0.136. The van der Waals surface area contributed by atoms with Crippen molar-refractivity contribution in [3.63, 3.8) is 0 Å². The summed E-state index contributed by atoms with van der Waals surface area (Å²) in [5.74, 6) is 0.976. The summed E-state index contributed by atoms with van der Waals surface area (Å²) in [6, 6.07) is 2.51. The third-order valence-electron chi connectivity index (χ3n) is 9.41. The van der Waals surface area contributed by atoms with Gasteiger partial charge in [0.25, 0.3) is 0 Å². The van der Waals surface area contributed by atoms with Crippen molar-refractivity contribution >= 4 is 56.1 Å². The fourth-order valence-electron chi connectivity index (χ4n) is 6.75. The molecular formula is C34H44N8O6S2. The number of nitrogens with one attached hydrogen (secondary N) is 4. The van der Waals surface area contributed by atoms with Crippen LogP contribution in [-0.4, -0.2) is 93.1 Å². The Labute approximate surface area is 298 Å². The maximum Gasteiger partial charge on any atom is 0.407 e. The van der Waals surface area contributed by atoms with E-state index in [1.807, 2.05) is 49.9 Å². The number of aromatic nitrogens is 4. The first-order chi connectivity index (χ1) is 24.0. The molecule has 50 heavy (non-hydrogen) atoms. The third-order valence-corrected chi connectivity index (χ3v) is 11.8. The minimum Gasteiger partial charge on any atom is -0.453 e. The molecule has 268 valence electrons. The predicted molar refractivity (Wildman–Crippen MR) is 191 cm³/mol. The summed E-state index contributed by atoms with van der Waals surface area (Å²) in [6.07, 6.45) is 5.66. The highest BCUT2D eigenvalue weighted by molar-refractivity contribution is 7.31. The van der Waals surface area contributed by atoms with Crippen LogP contribution in [0.25, 0.3) is 30.5 Å². The molecule has 0 aliphatic carbocycles. The van der Waals surface area contributed by atoms with Gasteiger partial charge >= 0.3 is 12.2 Å². The van der Waals surface area contributed by atoms with Crippen molar-refractivity contribution in [2.45, 2.75) is 77.5 Å². The van der Waals surface area contributed by atoms with Crippen LogP contribution < -0.4 is 10.6 Å². The molecule has 6 heterocycles. The monoisotopic (exact) mass is 724 g/mol. The molecule has 0 aromatic carbocycles. The van der Waals surface area contributed by atoms with Crippen molar-refractivity contribution in [3.8, 4) is 21.1 Å². The van der Waals surface area contributed by atoms with E-state index in [2.05, 4.69) is 42.7 Å². The summed E-state index contributed by atoms with van der Waals surface area (Å²) in [4.78, 5) is 72.9. The lowest BCUT2D eigenvalue weighted by atomic mass is 10.0. The van der Waals surface area contributed by atoms with E-state index in [0.717, 1.165) is 67.9 Å². The van der Waals surface area contributed by atoms with Crippen molar-refractivity contribution in [1.82, 2.24) is 40.4 Å². The van der Waals surface area contributed by atoms with Crippen LogP contribution in [0.5, 0.6) is 0 Å². The molecule has 4 atom stereocenters. The number of alkyl carbamates (subject to hydrolysis) is 2. The fraction of sp³-hybridized carbons (Fsp3) is 0.529. The molecular weight excluding hydrogens is 681 g/mol. The van der Waals surface area contributed by atoms with Crippen LogP contribution in [0.15, 0.2) is 24.5 Å². The van der Waals surface area contributed by atoms with E-state index >= 15 is 0 Å². The molecule has 2 aliphatic rings. The Bertz CT molecular complexity index is 1700. The maximum atomic E-state index is 13.5. The highest BCUT2D eigenvalue weighted by atomic mass is 32.1. The van der Waals surface area contributed by atoms with Gasteiger partial charge in [-0.2, -0.15) is 0 Å². The average Bonchev–Trinajstić information content (AvgIpc) is 3.93. The lowest BCUT2D eigenvalue weighted by Gasteiger charge is -2.30. The fourth-order valence-corrected chi connectivity index (χ4v) is 9.08. The van der Waals surface area contributed by atoms with Crippen LogP contribution in [0.3, 0.4) is 0 Å². The SMILES string of the molecule is COC(=O)N[C@H](C(=O)N1CCC[C@H]1c1ncc(-c2cc3sc(-c4cnc([C@@H]5CCCN5C(=O)[C@@H](NC(=O)OC)C(C)C)[nH]4)cc3s2)[nH]1)C(C)C. The van der Waals surface area contributed by atoms with Gasteiger partial charge in [-0.05, 0) is 49.7 Å². The molecule has 2 saturated heterocycles. The molecule has 4 amide bonds. The van der Waals surface area contributed by atoms with E-state index in [9.17, 15) is 19.2 Å². The van der Waals surface area contributed by atoms with E-state index in [1.54, 1.807) is 22.7 Å². The molecule has 0 unspecified atom stereocenters. The number of methoxy groups -OCH3 is 2. The number of rotatable bonds is 10. The summed E-state index contributed by atoms with van der Waals surface area (Å²) in [5.41, 5.74) is 1.78. The first-order valence-corrected chi connectivity index (χ1v) is 18.6. The number of fused-ring (bicyclic) bond motifs is 1. The molecule has 14 nitrogen and oxygen atoms in total. The first kappa shape index (κ1) is 35.4. The van der Waals surface area contributed by atoms with Gasteiger partial charge < -0.3 is 39.9 Å². The van der Waals surface area contributed by atoms with Gasteiger partial charge in [0.1, 0.15) is 23.7 Å². The number of thiophene rings is 2. The number of hydrogen-bond donors (Lipinski definition) is 4. The molecule has 0 spiro atoms. The van der Waals surface area contributed by atoms with E-state index < -0.39 is 24.3 Å². The number of carbonyl (C=O) groups excluding carboxylic acids is 4. The summed E-state index contributed by atoms with van der Waals surface area (Å²) in [5, 5.41) is 5.38. The van der Waals surface area contributed by atoms with Gasteiger partial charge in [-0.1, -0.05) is 27.7 Å². The highest BCUT2D eigenvalue weighted by Crippen LogP contribution is 2.42. The van der Waals surface area contributed by atoms with Gasteiger partial charge in [-0.25, -0.2) is 19.6 Å². The maximum absolute atomic E-state index is 13.5. The Hall–Kier alpha value is -4.44. The van der Waals surface area contributed by atoms with E-state index in [1.165, 1.54) is 14.2 Å². The van der Waals surface area contributed by atoms with Gasteiger partial charge in [0.15, 0.2) is 0 Å². The topological polar surface area (TPSA) is 175 Å². The molecule has 6 rings (SSSR count). The van der Waals surface area contributed by atoms with Crippen LogP contribution in [0.1, 0.15) is 77.1 Å². The minimum atomic E-state index is -0.686. The number of carbonyl (C=O) groups is 4. The molecule has 0 bridgehead atoms. The van der Waals surface area contributed by atoms with Crippen LogP contribution in [0.2, 0.25) is 0 Å². The molecule has 4 N–H and O–H groups in total. The molecule has 16 heteroatoms. The van der Waals surface area contributed by atoms with Gasteiger partial charge in [-0.15, -0.1) is 22.7 Å². The summed E-state index contributed by atoms with van der Waals surface area (Å²) < 4.78 is 11.8. The van der Waals surface area contributed by atoms with Crippen molar-refractivity contribution in [3.05, 3.63) is 36.2 Å². The van der Waals surface area contributed by atoms with Crippen molar-refractivity contribution in [2.24, 2.45) is 11.8 Å². The standard InChI is InChI=1S/C34H44N8O6S2/c1-17(2)27(39-33(45)47-5)31(43)41-11-7-9-21(41)29-35-15-19(37-29)23-13-25-26(49-23)14-24(50-25)20-16-36-30(38-20)22-10-8-12-42(22)32(44)28(18(3)4)40-34(46)48-6/h13-18,21-22,27-28H,7-12H2,1-6H3,(H,35,37)(H,36,38)(H,39,45)(H,40,46)/t21-,22-,27-,28-/m0/s1. The molecule has 2 fully saturated rings. The lowest BCUT2D eigenvalue weighted by Crippen LogP contribution is -2.51. The van der Waals surface area contributed by atoms with Gasteiger partial charge in [0, 0.05) is 22.5 Å². The normalized spacial score (nSPS) is 19.0. The second kappa shape index (κ2) is 14.8. The van der Waals surface area contributed by atoms with Crippen LogP contribution >= 0.6 is 22.7 Å². The molecule has 4 aromatic rings. The second-order valence-electron chi connectivity index (χ2n) is 13.4. The summed E-state index contributed by atoms with van der Waals surface area (Å²) in [6.45, 7) is 8.79. The molecule has 4 aromatic heterocycles. The highest BCUT2D eigenvalue weighted by Gasteiger charge is 2.39. The van der Waals surface area contributed by atoms with Gasteiger partial charge in [-0.3, -0.25) is 9.59 Å². The zero-order chi connectivity index (χ0) is 35.7. The number of amides is 4. The zero-order valence-electron chi connectivity index (χ0n) is 29.1. The number of hydrogen-bond acceptors (Lipinski definition) is 10. The van der Waals surface area contributed by atoms with E-state index in [4.69, 9.17) is 9.47 Å². The van der Waals surface area contributed by atoms with E-state index in [-0.39, 0.29) is 35.7 Å². The van der Waals surface area contributed by atoms with Crippen LogP contribution in [0.4, 0.5) is 9.59 Å². The quantitative estimate of drug-likeness (QED) is 0.158.